The summed E-state index contributed by atoms with van der Waals surface area (Å²) < 4.78 is 6.49. The van der Waals surface area contributed by atoms with E-state index in [4.69, 9.17) is 4.74 Å². The monoisotopic (exact) mass is 488 g/mol. The lowest BCUT2D eigenvalue weighted by Crippen LogP contribution is -2.57. The van der Waals surface area contributed by atoms with Gasteiger partial charge >= 0.3 is 0 Å². The molecule has 1 spiro atoms. The first-order chi connectivity index (χ1) is 17.1. The van der Waals surface area contributed by atoms with Gasteiger partial charge in [0, 0.05) is 25.9 Å². The van der Waals surface area contributed by atoms with Gasteiger partial charge in [-0.1, -0.05) is 32.0 Å². The third-order valence-corrected chi connectivity index (χ3v) is 7.88. The molecule has 1 unspecified atom stereocenters. The molecule has 0 aliphatic carbocycles. The van der Waals surface area contributed by atoms with Crippen molar-refractivity contribution in [2.45, 2.75) is 65.0 Å². The van der Waals surface area contributed by atoms with Crippen molar-refractivity contribution in [3.63, 3.8) is 0 Å². The first kappa shape index (κ1) is 24.2. The number of hydrogen-bond acceptors (Lipinski definition) is 5. The molecule has 188 valence electrons. The largest absolute Gasteiger partial charge is 0.486 e. The highest BCUT2D eigenvalue weighted by molar-refractivity contribution is 6.22. The zero-order valence-electron chi connectivity index (χ0n) is 21.3. The van der Waals surface area contributed by atoms with Crippen LogP contribution < -0.4 is 4.74 Å². The van der Waals surface area contributed by atoms with Crippen LogP contribution in [0.25, 0.3) is 0 Å². The molecule has 3 amide bonds. The van der Waals surface area contributed by atoms with Gasteiger partial charge in [-0.15, -0.1) is 0 Å². The van der Waals surface area contributed by atoms with Gasteiger partial charge < -0.3 is 9.64 Å². The fourth-order valence-electron chi connectivity index (χ4n) is 5.66. The number of fused-ring (bicyclic) bond motifs is 2. The lowest BCUT2D eigenvalue weighted by Gasteiger charge is -2.45. The zero-order valence-corrected chi connectivity index (χ0v) is 21.3. The second-order valence-electron chi connectivity index (χ2n) is 10.8. The smallest absolute Gasteiger partial charge is 0.262 e. The Morgan fingerprint density at radius 3 is 2.14 bits per heavy atom. The van der Waals surface area contributed by atoms with E-state index in [0.29, 0.717) is 61.2 Å². The van der Waals surface area contributed by atoms with Crippen molar-refractivity contribution in [3.8, 4) is 5.75 Å². The Labute approximate surface area is 211 Å². The molecule has 0 radical (unpaired) electrons. The summed E-state index contributed by atoms with van der Waals surface area (Å²) in [4.78, 5) is 55.9. The number of carbonyl (C=O) groups excluding carboxylic acids is 4. The van der Waals surface area contributed by atoms with Crippen LogP contribution in [0.5, 0.6) is 5.75 Å². The number of ketones is 1. The molecule has 1 atom stereocenters. The summed E-state index contributed by atoms with van der Waals surface area (Å²) >= 11 is 0. The van der Waals surface area contributed by atoms with E-state index in [1.165, 1.54) is 0 Å². The number of likely N-dealkylation sites (tertiary alicyclic amines) is 1. The van der Waals surface area contributed by atoms with E-state index in [0.717, 1.165) is 16.0 Å². The first-order valence-corrected chi connectivity index (χ1v) is 12.7. The topological polar surface area (TPSA) is 84.0 Å². The van der Waals surface area contributed by atoms with Gasteiger partial charge in [0.05, 0.1) is 23.1 Å². The van der Waals surface area contributed by atoms with Gasteiger partial charge in [-0.3, -0.25) is 24.1 Å². The summed E-state index contributed by atoms with van der Waals surface area (Å²) in [7, 11) is 0. The first-order valence-electron chi connectivity index (χ1n) is 12.7. The molecule has 0 N–H and O–H groups in total. The number of carbonyl (C=O) groups is 4. The molecule has 3 heterocycles. The number of hydrogen-bond donors (Lipinski definition) is 0. The maximum Gasteiger partial charge on any atom is 0.262 e. The summed E-state index contributed by atoms with van der Waals surface area (Å²) in [5, 5.41) is 0. The molecule has 2 aromatic carbocycles. The van der Waals surface area contributed by atoms with Crippen LogP contribution in [0.4, 0.5) is 0 Å². The van der Waals surface area contributed by atoms with Gasteiger partial charge in [-0.25, -0.2) is 0 Å². The number of imide groups is 1. The van der Waals surface area contributed by atoms with E-state index in [1.807, 2.05) is 39.8 Å². The molecule has 3 aliphatic rings. The average Bonchev–Trinajstić information content (AvgIpc) is 3.10. The minimum Gasteiger partial charge on any atom is -0.486 e. The van der Waals surface area contributed by atoms with Crippen molar-refractivity contribution in [2.75, 3.05) is 13.1 Å². The van der Waals surface area contributed by atoms with E-state index in [9.17, 15) is 19.2 Å². The minimum absolute atomic E-state index is 0.0721. The summed E-state index contributed by atoms with van der Waals surface area (Å²) in [6, 6.07) is 9.65. The SMILES string of the molecule is Cc1ccc2c(c1C)OC1(CCN(C(=O)C(CC(C)C)N3C(=O)c4ccccc4C3=O)CC1)CC2=O. The van der Waals surface area contributed by atoms with Crippen LogP contribution >= 0.6 is 0 Å². The molecule has 7 heteroatoms. The predicted octanol–water partition coefficient (Wildman–Crippen LogP) is 4.34. The second-order valence-corrected chi connectivity index (χ2v) is 10.8. The minimum atomic E-state index is -0.856. The van der Waals surface area contributed by atoms with Crippen LogP contribution in [0.1, 0.15) is 81.7 Å². The van der Waals surface area contributed by atoms with Gasteiger partial charge in [-0.05, 0) is 55.5 Å². The standard InChI is InChI=1S/C29H32N2O5/c1-17(2)15-23(31-26(33)20-7-5-6-8-21(20)27(31)34)28(35)30-13-11-29(12-14-30)16-24(32)22-10-9-18(3)19(4)25(22)36-29/h5-10,17,23H,11-16H2,1-4H3. The van der Waals surface area contributed by atoms with Crippen molar-refractivity contribution >= 4 is 23.5 Å². The highest BCUT2D eigenvalue weighted by Crippen LogP contribution is 2.42. The van der Waals surface area contributed by atoms with Crippen molar-refractivity contribution < 1.29 is 23.9 Å². The van der Waals surface area contributed by atoms with Gasteiger partial charge in [0.25, 0.3) is 11.8 Å². The Morgan fingerprint density at radius 2 is 1.56 bits per heavy atom. The number of Topliss-reactive ketones (excluding diaryl/α,β-unsaturated/α-hetero) is 1. The summed E-state index contributed by atoms with van der Waals surface area (Å²) in [5.41, 5.74) is 2.73. The second kappa shape index (κ2) is 8.87. The van der Waals surface area contributed by atoms with Crippen LogP contribution in [-0.4, -0.2) is 58.0 Å². The van der Waals surface area contributed by atoms with E-state index in [-0.39, 0.29) is 17.6 Å². The van der Waals surface area contributed by atoms with Gasteiger partial charge in [0.15, 0.2) is 5.78 Å². The number of ether oxygens (including phenoxy) is 1. The van der Waals surface area contributed by atoms with Crippen molar-refractivity contribution in [3.05, 3.63) is 64.2 Å². The van der Waals surface area contributed by atoms with Gasteiger partial charge in [-0.2, -0.15) is 0 Å². The number of aryl methyl sites for hydroxylation is 1. The molecule has 7 nitrogen and oxygen atoms in total. The van der Waals surface area contributed by atoms with Crippen molar-refractivity contribution in [1.82, 2.24) is 9.80 Å². The Bertz CT molecular complexity index is 1240. The van der Waals surface area contributed by atoms with Gasteiger partial charge in [0.2, 0.25) is 5.91 Å². The lowest BCUT2D eigenvalue weighted by atomic mass is 9.81. The maximum atomic E-state index is 13.8. The maximum absolute atomic E-state index is 13.8. The Hall–Kier alpha value is -3.48. The molecule has 5 rings (SSSR count). The lowest BCUT2D eigenvalue weighted by molar-refractivity contribution is -0.139. The number of amides is 3. The van der Waals surface area contributed by atoms with E-state index >= 15 is 0 Å². The average molecular weight is 489 g/mol. The molecular formula is C29H32N2O5. The molecule has 36 heavy (non-hydrogen) atoms. The summed E-state index contributed by atoms with van der Waals surface area (Å²) in [6.45, 7) is 8.74. The molecule has 0 aromatic heterocycles. The molecule has 1 saturated heterocycles. The van der Waals surface area contributed by atoms with Gasteiger partial charge in [0.1, 0.15) is 17.4 Å². The summed E-state index contributed by atoms with van der Waals surface area (Å²) in [6.07, 6.45) is 1.73. The fourth-order valence-corrected chi connectivity index (χ4v) is 5.66. The highest BCUT2D eigenvalue weighted by atomic mass is 16.5. The van der Waals surface area contributed by atoms with E-state index < -0.39 is 23.5 Å². The highest BCUT2D eigenvalue weighted by Gasteiger charge is 2.47. The van der Waals surface area contributed by atoms with Crippen molar-refractivity contribution in [1.29, 1.82) is 0 Å². The molecule has 0 saturated carbocycles. The summed E-state index contributed by atoms with van der Waals surface area (Å²) in [5.74, 6) is -0.194. The predicted molar refractivity (Wildman–Crippen MR) is 134 cm³/mol. The molecule has 3 aliphatic heterocycles. The normalized spacial score (nSPS) is 19.4. The Kier molecular flexibility index (Phi) is 5.97. The van der Waals surface area contributed by atoms with E-state index in [1.54, 1.807) is 29.2 Å². The quantitative estimate of drug-likeness (QED) is 0.598. The van der Waals surface area contributed by atoms with Crippen LogP contribution in [0.15, 0.2) is 36.4 Å². The zero-order chi connectivity index (χ0) is 25.8. The molecule has 0 bridgehead atoms. The third-order valence-electron chi connectivity index (χ3n) is 7.88. The Balaban J connectivity index is 1.35. The number of benzene rings is 2. The Morgan fingerprint density at radius 1 is 0.944 bits per heavy atom. The van der Waals surface area contributed by atoms with Crippen LogP contribution in [0.3, 0.4) is 0 Å². The number of nitrogens with zero attached hydrogens (tertiary/aromatic N) is 2. The van der Waals surface area contributed by atoms with Crippen molar-refractivity contribution in [2.24, 2.45) is 5.92 Å². The molecule has 2 aromatic rings. The fraction of sp³-hybridized carbons (Fsp3) is 0.448. The van der Waals surface area contributed by atoms with Crippen LogP contribution in [0.2, 0.25) is 0 Å². The number of rotatable bonds is 4. The van der Waals surface area contributed by atoms with Crippen LogP contribution in [-0.2, 0) is 4.79 Å². The van der Waals surface area contributed by atoms with E-state index in [2.05, 4.69) is 0 Å². The third kappa shape index (κ3) is 3.91. The molecule has 1 fully saturated rings. The number of piperidine rings is 1. The molecular weight excluding hydrogens is 456 g/mol. The van der Waals surface area contributed by atoms with Crippen LogP contribution in [0, 0.1) is 19.8 Å².